The van der Waals surface area contributed by atoms with E-state index in [1.54, 1.807) is 43.9 Å². The van der Waals surface area contributed by atoms with E-state index in [4.69, 9.17) is 11.3 Å². The zero-order valence-corrected chi connectivity index (χ0v) is 21.8. The molecule has 1 amide bonds. The van der Waals surface area contributed by atoms with E-state index < -0.39 is 0 Å². The van der Waals surface area contributed by atoms with Gasteiger partial charge in [-0.25, -0.2) is 14.8 Å². The molecule has 0 aliphatic heterocycles. The van der Waals surface area contributed by atoms with Crippen LogP contribution in [0.4, 0.5) is 28.7 Å². The van der Waals surface area contributed by atoms with Gasteiger partial charge in [0.15, 0.2) is 5.69 Å². The van der Waals surface area contributed by atoms with Gasteiger partial charge in [-0.1, -0.05) is 12.6 Å². The molecule has 0 aliphatic rings. The SMILES string of the molecule is [C-]#[N+]c1ccc2c(c1)ncn2-c1ccnc(Nc2cc(NC(=O)C=C)c(N(C)CCN(C)C)cc2OC)n1. The van der Waals surface area contributed by atoms with Gasteiger partial charge in [0.05, 0.1) is 41.8 Å². The van der Waals surface area contributed by atoms with Crippen LogP contribution >= 0.6 is 0 Å². The topological polar surface area (TPSA) is 105 Å². The Bertz CT molecular complexity index is 1520. The van der Waals surface area contributed by atoms with Gasteiger partial charge in [-0.15, -0.1) is 0 Å². The van der Waals surface area contributed by atoms with Gasteiger partial charge in [0.2, 0.25) is 11.9 Å². The minimum atomic E-state index is -0.324. The average molecular weight is 512 g/mol. The maximum absolute atomic E-state index is 12.2. The maximum Gasteiger partial charge on any atom is 0.247 e. The smallest absolute Gasteiger partial charge is 0.247 e. The van der Waals surface area contributed by atoms with Gasteiger partial charge in [-0.2, -0.15) is 4.98 Å². The normalized spacial score (nSPS) is 10.7. The van der Waals surface area contributed by atoms with Crippen LogP contribution in [0.15, 0.2) is 61.6 Å². The summed E-state index contributed by atoms with van der Waals surface area (Å²) in [6.45, 7) is 12.3. The molecule has 11 heteroatoms. The number of fused-ring (bicyclic) bond motifs is 1. The number of carbonyl (C=O) groups excluding carboxylic acids is 1. The molecule has 4 aromatic rings. The third-order valence-corrected chi connectivity index (χ3v) is 5.85. The summed E-state index contributed by atoms with van der Waals surface area (Å²) in [5.41, 5.74) is 4.00. The summed E-state index contributed by atoms with van der Waals surface area (Å²) in [5, 5.41) is 6.10. The molecule has 0 unspecified atom stereocenters. The fourth-order valence-corrected chi connectivity index (χ4v) is 3.82. The number of nitrogens with one attached hydrogen (secondary N) is 2. The van der Waals surface area contributed by atoms with E-state index in [1.807, 2.05) is 42.7 Å². The number of carbonyl (C=O) groups is 1. The molecule has 2 aromatic heterocycles. The number of methoxy groups -OCH3 is 1. The molecule has 0 bridgehead atoms. The molecule has 0 aliphatic carbocycles. The number of ether oxygens (including phenoxy) is 1. The van der Waals surface area contributed by atoms with Crippen LogP contribution in [0.1, 0.15) is 0 Å². The number of likely N-dealkylation sites (N-methyl/N-ethyl adjacent to an activating group) is 2. The number of rotatable bonds is 10. The van der Waals surface area contributed by atoms with Crippen LogP contribution in [-0.2, 0) is 4.79 Å². The number of imidazole rings is 1. The molecule has 0 atom stereocenters. The number of aromatic nitrogens is 4. The lowest BCUT2D eigenvalue weighted by atomic mass is 10.2. The third-order valence-electron chi connectivity index (χ3n) is 5.85. The molecule has 0 radical (unpaired) electrons. The number of nitrogens with zero attached hydrogens (tertiary/aromatic N) is 7. The summed E-state index contributed by atoms with van der Waals surface area (Å²) in [7, 11) is 7.55. The van der Waals surface area contributed by atoms with E-state index in [0.717, 1.165) is 24.3 Å². The molecule has 0 fully saturated rings. The second-order valence-corrected chi connectivity index (χ2v) is 8.75. The van der Waals surface area contributed by atoms with Crippen LogP contribution in [0, 0.1) is 6.57 Å². The van der Waals surface area contributed by atoms with Crippen molar-refractivity contribution < 1.29 is 9.53 Å². The lowest BCUT2D eigenvalue weighted by molar-refractivity contribution is -0.111. The predicted octanol–water partition coefficient (Wildman–Crippen LogP) is 4.24. The second kappa shape index (κ2) is 11.4. The van der Waals surface area contributed by atoms with Crippen LogP contribution in [-0.4, -0.2) is 71.7 Å². The average Bonchev–Trinajstić information content (AvgIpc) is 3.35. The van der Waals surface area contributed by atoms with Gasteiger partial charge in [-0.05, 0) is 44.4 Å². The van der Waals surface area contributed by atoms with E-state index in [0.29, 0.717) is 40.1 Å². The zero-order chi connectivity index (χ0) is 27.2. The highest BCUT2D eigenvalue weighted by Gasteiger charge is 2.17. The van der Waals surface area contributed by atoms with Gasteiger partial charge in [-0.3, -0.25) is 9.36 Å². The molecule has 4 rings (SSSR count). The minimum Gasteiger partial charge on any atom is -0.494 e. The molecule has 2 heterocycles. The predicted molar refractivity (Wildman–Crippen MR) is 150 cm³/mol. The fourth-order valence-electron chi connectivity index (χ4n) is 3.82. The summed E-state index contributed by atoms with van der Waals surface area (Å²) < 4.78 is 7.50. The molecular weight excluding hydrogens is 482 g/mol. The molecule has 0 spiro atoms. The monoisotopic (exact) mass is 511 g/mol. The van der Waals surface area contributed by atoms with E-state index in [-0.39, 0.29) is 5.91 Å². The van der Waals surface area contributed by atoms with Gasteiger partial charge in [0.25, 0.3) is 0 Å². The van der Waals surface area contributed by atoms with E-state index in [2.05, 4.69) is 41.9 Å². The van der Waals surface area contributed by atoms with Gasteiger partial charge < -0.3 is 25.2 Å². The number of anilines is 4. The van der Waals surface area contributed by atoms with Crippen molar-refractivity contribution in [2.24, 2.45) is 0 Å². The van der Waals surface area contributed by atoms with Crippen LogP contribution in [0.2, 0.25) is 0 Å². The molecule has 0 saturated heterocycles. The standard InChI is InChI=1S/C27H29N9O2/c1-7-26(37)31-20-15-21(24(38-6)16-23(20)35(5)13-12-34(3)4)32-27-29-11-10-25(33-27)36-17-30-19-14-18(28-2)8-9-22(19)36/h7-11,14-17H,1,12-13H2,3-6H3,(H,31,37)(H,29,32,33). The van der Waals surface area contributed by atoms with Crippen LogP contribution in [0.25, 0.3) is 21.7 Å². The molecule has 0 saturated carbocycles. The Morgan fingerprint density at radius 1 is 1.16 bits per heavy atom. The third kappa shape index (κ3) is 5.71. The van der Waals surface area contributed by atoms with Crippen LogP contribution < -0.4 is 20.3 Å². The van der Waals surface area contributed by atoms with Crippen LogP contribution in [0.3, 0.4) is 0 Å². The Morgan fingerprint density at radius 3 is 2.68 bits per heavy atom. The largest absolute Gasteiger partial charge is 0.494 e. The van der Waals surface area contributed by atoms with Gasteiger partial charge in [0, 0.05) is 32.4 Å². The summed E-state index contributed by atoms with van der Waals surface area (Å²) >= 11 is 0. The minimum absolute atomic E-state index is 0.324. The van der Waals surface area contributed by atoms with E-state index >= 15 is 0 Å². The highest BCUT2D eigenvalue weighted by molar-refractivity contribution is 6.02. The van der Waals surface area contributed by atoms with Crippen molar-refractivity contribution in [1.82, 2.24) is 24.4 Å². The van der Waals surface area contributed by atoms with Crippen molar-refractivity contribution in [1.29, 1.82) is 0 Å². The molecule has 2 N–H and O–H groups in total. The van der Waals surface area contributed by atoms with E-state index in [9.17, 15) is 4.79 Å². The van der Waals surface area contributed by atoms with Gasteiger partial charge in [0.1, 0.15) is 17.9 Å². The number of amides is 1. The zero-order valence-electron chi connectivity index (χ0n) is 21.8. The Morgan fingerprint density at radius 2 is 1.97 bits per heavy atom. The number of hydrogen-bond donors (Lipinski definition) is 2. The van der Waals surface area contributed by atoms with Crippen molar-refractivity contribution in [3.05, 3.63) is 73.0 Å². The number of benzene rings is 2. The van der Waals surface area contributed by atoms with Crippen molar-refractivity contribution in [3.63, 3.8) is 0 Å². The lowest BCUT2D eigenvalue weighted by Gasteiger charge is -2.26. The molecular formula is C27H29N9O2. The highest BCUT2D eigenvalue weighted by atomic mass is 16.5. The molecule has 2 aromatic carbocycles. The maximum atomic E-state index is 12.2. The lowest BCUT2D eigenvalue weighted by Crippen LogP contribution is -2.29. The summed E-state index contributed by atoms with van der Waals surface area (Å²) in [4.78, 5) is 33.2. The van der Waals surface area contributed by atoms with Crippen LogP contribution in [0.5, 0.6) is 5.75 Å². The second-order valence-electron chi connectivity index (χ2n) is 8.75. The van der Waals surface area contributed by atoms with Gasteiger partial charge >= 0.3 is 0 Å². The highest BCUT2D eigenvalue weighted by Crippen LogP contribution is 2.38. The first-order chi connectivity index (χ1) is 18.3. The molecule has 11 nitrogen and oxygen atoms in total. The quantitative estimate of drug-likeness (QED) is 0.241. The van der Waals surface area contributed by atoms with Crippen molar-refractivity contribution >= 4 is 45.6 Å². The van der Waals surface area contributed by atoms with Crippen molar-refractivity contribution in [2.75, 3.05) is 56.9 Å². The fraction of sp³-hybridized carbons (Fsp3) is 0.222. The Balaban J connectivity index is 1.69. The first-order valence-electron chi connectivity index (χ1n) is 11.8. The Hall–Kier alpha value is -4.95. The first kappa shape index (κ1) is 26.1. The summed E-state index contributed by atoms with van der Waals surface area (Å²) in [6.07, 6.45) is 4.52. The molecule has 38 heavy (non-hydrogen) atoms. The number of hydrogen-bond acceptors (Lipinski definition) is 8. The summed E-state index contributed by atoms with van der Waals surface area (Å²) in [5.74, 6) is 1.16. The Kier molecular flexibility index (Phi) is 7.84. The summed E-state index contributed by atoms with van der Waals surface area (Å²) in [6, 6.07) is 10.7. The Labute approximate surface area is 221 Å². The van der Waals surface area contributed by atoms with E-state index in [1.165, 1.54) is 6.08 Å². The molecule has 194 valence electrons. The van der Waals surface area contributed by atoms with Crippen molar-refractivity contribution in [3.8, 4) is 11.6 Å². The van der Waals surface area contributed by atoms with Crippen molar-refractivity contribution in [2.45, 2.75) is 0 Å². The first-order valence-corrected chi connectivity index (χ1v) is 11.8.